The summed E-state index contributed by atoms with van der Waals surface area (Å²) in [7, 11) is 0. The zero-order valence-corrected chi connectivity index (χ0v) is 16.0. The first kappa shape index (κ1) is 18.8. The van der Waals surface area contributed by atoms with Crippen molar-refractivity contribution < 1.29 is 10.2 Å². The van der Waals surface area contributed by atoms with Gasteiger partial charge in [-0.2, -0.15) is 0 Å². The summed E-state index contributed by atoms with van der Waals surface area (Å²) in [6, 6.07) is 20.2. The number of aromatic hydroxyl groups is 1. The number of rotatable bonds is 4. The lowest BCUT2D eigenvalue weighted by Gasteiger charge is -2.25. The van der Waals surface area contributed by atoms with E-state index in [1.165, 1.54) is 16.5 Å². The first-order chi connectivity index (χ1) is 12.9. The molecule has 138 valence electrons. The second kappa shape index (κ2) is 7.73. The lowest BCUT2D eigenvalue weighted by atomic mass is 10.1. The van der Waals surface area contributed by atoms with Crippen LogP contribution in [0.2, 0.25) is 0 Å². The number of phenols is 1. The van der Waals surface area contributed by atoms with Crippen molar-refractivity contribution in [1.29, 1.82) is 0 Å². The summed E-state index contributed by atoms with van der Waals surface area (Å²) in [6.07, 6.45) is 0. The van der Waals surface area contributed by atoms with E-state index in [2.05, 4.69) is 60.1 Å². The Labute approximate surface area is 160 Å². The lowest BCUT2D eigenvalue weighted by molar-refractivity contribution is 0.143. The van der Waals surface area contributed by atoms with Gasteiger partial charge in [0.05, 0.1) is 5.56 Å². The quantitative estimate of drug-likeness (QED) is 0.664. The summed E-state index contributed by atoms with van der Waals surface area (Å²) in [5, 5.41) is 22.5. The fraction of sp³-hybridized carbons (Fsp3) is 0.250. The van der Waals surface area contributed by atoms with E-state index in [1.54, 1.807) is 26.0 Å². The average molecular weight is 359 g/mol. The molecule has 0 radical (unpaired) electrons. The standard InChI is InChI=1S/C24H25NO2/c1-4-25(22-11-7-9-19-8-5-6-10-21(19)22)17-18-12-13-20(23(26)16-18)14-15-24(2,3)27/h5-13,16,26-27H,4,17H2,1-3H3. The molecule has 0 unspecified atom stereocenters. The molecular formula is C24H25NO2. The Morgan fingerprint density at radius 1 is 1.00 bits per heavy atom. The van der Waals surface area contributed by atoms with E-state index in [9.17, 15) is 10.2 Å². The van der Waals surface area contributed by atoms with Crippen molar-refractivity contribution >= 4 is 16.5 Å². The maximum Gasteiger partial charge on any atom is 0.131 e. The third kappa shape index (κ3) is 4.61. The summed E-state index contributed by atoms with van der Waals surface area (Å²) >= 11 is 0. The van der Waals surface area contributed by atoms with Gasteiger partial charge in [0.2, 0.25) is 0 Å². The van der Waals surface area contributed by atoms with Crippen molar-refractivity contribution in [1.82, 2.24) is 0 Å². The molecule has 0 fully saturated rings. The second-order valence-corrected chi connectivity index (χ2v) is 7.17. The third-order valence-corrected chi connectivity index (χ3v) is 4.43. The first-order valence-electron chi connectivity index (χ1n) is 9.17. The highest BCUT2D eigenvalue weighted by molar-refractivity contribution is 5.94. The molecule has 3 aromatic rings. The molecule has 0 aromatic heterocycles. The molecule has 3 heteroatoms. The fourth-order valence-corrected chi connectivity index (χ4v) is 3.07. The van der Waals surface area contributed by atoms with Gasteiger partial charge in [-0.15, -0.1) is 0 Å². The second-order valence-electron chi connectivity index (χ2n) is 7.17. The summed E-state index contributed by atoms with van der Waals surface area (Å²) in [5.74, 6) is 5.71. The Balaban J connectivity index is 1.88. The zero-order valence-electron chi connectivity index (χ0n) is 16.0. The van der Waals surface area contributed by atoms with Crippen molar-refractivity contribution in [3.63, 3.8) is 0 Å². The number of hydrogen-bond donors (Lipinski definition) is 2. The minimum atomic E-state index is -1.08. The van der Waals surface area contributed by atoms with Gasteiger partial charge < -0.3 is 15.1 Å². The van der Waals surface area contributed by atoms with Crippen LogP contribution in [0.15, 0.2) is 60.7 Å². The van der Waals surface area contributed by atoms with Crippen LogP contribution in [0, 0.1) is 11.8 Å². The van der Waals surface area contributed by atoms with Gasteiger partial charge in [-0.3, -0.25) is 0 Å². The Bertz CT molecular complexity index is 1000. The topological polar surface area (TPSA) is 43.7 Å². The van der Waals surface area contributed by atoms with Crippen LogP contribution in [-0.2, 0) is 6.54 Å². The van der Waals surface area contributed by atoms with Crippen molar-refractivity contribution in [3.05, 3.63) is 71.8 Å². The molecule has 3 aromatic carbocycles. The maximum absolute atomic E-state index is 10.3. The van der Waals surface area contributed by atoms with Gasteiger partial charge in [-0.05, 0) is 49.9 Å². The Kier molecular flexibility index (Phi) is 5.39. The van der Waals surface area contributed by atoms with Crippen LogP contribution in [0.25, 0.3) is 10.8 Å². The highest BCUT2D eigenvalue weighted by atomic mass is 16.3. The number of benzene rings is 3. The van der Waals surface area contributed by atoms with Gasteiger partial charge in [0.15, 0.2) is 0 Å². The van der Waals surface area contributed by atoms with E-state index >= 15 is 0 Å². The Hall–Kier alpha value is -2.96. The van der Waals surface area contributed by atoms with E-state index in [0.29, 0.717) is 12.1 Å². The van der Waals surface area contributed by atoms with Gasteiger partial charge in [0, 0.05) is 24.2 Å². The monoisotopic (exact) mass is 359 g/mol. The fourth-order valence-electron chi connectivity index (χ4n) is 3.07. The predicted molar refractivity (Wildman–Crippen MR) is 112 cm³/mol. The van der Waals surface area contributed by atoms with Crippen molar-refractivity contribution in [3.8, 4) is 17.6 Å². The Morgan fingerprint density at radius 3 is 2.44 bits per heavy atom. The first-order valence-corrected chi connectivity index (χ1v) is 9.17. The maximum atomic E-state index is 10.3. The van der Waals surface area contributed by atoms with Gasteiger partial charge in [-0.25, -0.2) is 0 Å². The molecule has 2 N–H and O–H groups in total. The van der Waals surface area contributed by atoms with E-state index < -0.39 is 5.60 Å². The number of fused-ring (bicyclic) bond motifs is 1. The van der Waals surface area contributed by atoms with E-state index in [-0.39, 0.29) is 5.75 Å². The van der Waals surface area contributed by atoms with E-state index in [1.807, 2.05) is 12.1 Å². The minimum absolute atomic E-state index is 0.137. The summed E-state index contributed by atoms with van der Waals surface area (Å²) in [6.45, 7) is 6.92. The number of hydrogen-bond acceptors (Lipinski definition) is 3. The average Bonchev–Trinajstić information content (AvgIpc) is 2.64. The number of aliphatic hydroxyl groups is 1. The van der Waals surface area contributed by atoms with Gasteiger partial charge >= 0.3 is 0 Å². The van der Waals surface area contributed by atoms with Crippen molar-refractivity contribution in [2.24, 2.45) is 0 Å². The molecule has 0 amide bonds. The normalized spacial score (nSPS) is 11.1. The molecule has 0 aliphatic carbocycles. The van der Waals surface area contributed by atoms with Crippen LogP contribution in [0.5, 0.6) is 5.75 Å². The van der Waals surface area contributed by atoms with Gasteiger partial charge in [0.1, 0.15) is 11.4 Å². The molecule has 0 bridgehead atoms. The highest BCUT2D eigenvalue weighted by Gasteiger charge is 2.11. The molecule has 0 aliphatic heterocycles. The Morgan fingerprint density at radius 2 is 1.74 bits per heavy atom. The van der Waals surface area contributed by atoms with Crippen LogP contribution in [0.1, 0.15) is 31.9 Å². The molecule has 3 rings (SSSR count). The number of nitrogens with zero attached hydrogens (tertiary/aromatic N) is 1. The molecule has 0 heterocycles. The van der Waals surface area contributed by atoms with E-state index in [4.69, 9.17) is 0 Å². The van der Waals surface area contributed by atoms with Crippen molar-refractivity contribution in [2.45, 2.75) is 32.9 Å². The number of phenolic OH excluding ortho intramolecular Hbond substituents is 1. The number of anilines is 1. The lowest BCUT2D eigenvalue weighted by Crippen LogP contribution is -2.22. The summed E-state index contributed by atoms with van der Waals surface area (Å²) < 4.78 is 0. The minimum Gasteiger partial charge on any atom is -0.507 e. The zero-order chi connectivity index (χ0) is 19.4. The van der Waals surface area contributed by atoms with Crippen LogP contribution in [0.4, 0.5) is 5.69 Å². The smallest absolute Gasteiger partial charge is 0.131 e. The van der Waals surface area contributed by atoms with Crippen molar-refractivity contribution in [2.75, 3.05) is 11.4 Å². The predicted octanol–water partition coefficient (Wildman–Crippen LogP) is 4.69. The van der Waals surface area contributed by atoms with E-state index in [0.717, 1.165) is 12.1 Å². The van der Waals surface area contributed by atoms with Crippen LogP contribution >= 0.6 is 0 Å². The molecule has 0 aliphatic rings. The van der Waals surface area contributed by atoms with Crippen LogP contribution in [-0.4, -0.2) is 22.4 Å². The molecule has 3 nitrogen and oxygen atoms in total. The molecular weight excluding hydrogens is 334 g/mol. The summed E-state index contributed by atoms with van der Waals surface area (Å²) in [4.78, 5) is 2.29. The molecule has 0 saturated heterocycles. The van der Waals surface area contributed by atoms with Crippen LogP contribution in [0.3, 0.4) is 0 Å². The molecule has 0 spiro atoms. The molecule has 27 heavy (non-hydrogen) atoms. The molecule has 0 saturated carbocycles. The largest absolute Gasteiger partial charge is 0.507 e. The van der Waals surface area contributed by atoms with Gasteiger partial charge in [0.25, 0.3) is 0 Å². The highest BCUT2D eigenvalue weighted by Crippen LogP contribution is 2.28. The molecule has 0 atom stereocenters. The SMILES string of the molecule is CCN(Cc1ccc(C#CC(C)(C)O)c(O)c1)c1cccc2ccccc12. The summed E-state index contributed by atoms with van der Waals surface area (Å²) in [5.41, 5.74) is 1.63. The third-order valence-electron chi connectivity index (χ3n) is 4.43. The van der Waals surface area contributed by atoms with Gasteiger partial charge in [-0.1, -0.05) is 54.3 Å². The van der Waals surface area contributed by atoms with Crippen LogP contribution < -0.4 is 4.90 Å².